The van der Waals surface area contributed by atoms with Crippen LogP contribution in [0.5, 0.6) is 0 Å². The second-order valence-electron chi connectivity index (χ2n) is 10.9. The van der Waals surface area contributed by atoms with Crippen molar-refractivity contribution < 1.29 is 30.0 Å². The molecule has 2 aromatic carbocycles. The van der Waals surface area contributed by atoms with Gasteiger partial charge < -0.3 is 30.4 Å². The Kier molecular flexibility index (Phi) is 4.31. The van der Waals surface area contributed by atoms with Crippen LogP contribution in [0.25, 0.3) is 21.8 Å². The lowest BCUT2D eigenvalue weighted by Crippen LogP contribution is -2.63. The van der Waals surface area contributed by atoms with E-state index < -0.39 is 45.8 Å². The van der Waals surface area contributed by atoms with Gasteiger partial charge in [-0.1, -0.05) is 36.4 Å². The van der Waals surface area contributed by atoms with Crippen LogP contribution in [0.4, 0.5) is 0 Å². The molecule has 2 aromatic heterocycles. The second kappa shape index (κ2) is 6.72. The first-order chi connectivity index (χ1) is 16.7. The van der Waals surface area contributed by atoms with Crippen molar-refractivity contribution in [1.29, 1.82) is 0 Å². The molecule has 0 bridgehead atoms. The highest BCUT2D eigenvalue weighted by Crippen LogP contribution is 2.57. The molecule has 6 atom stereocenters. The van der Waals surface area contributed by atoms with Gasteiger partial charge in [-0.15, -0.1) is 0 Å². The van der Waals surface area contributed by atoms with Crippen LogP contribution in [0.3, 0.4) is 0 Å². The van der Waals surface area contributed by atoms with Crippen LogP contribution >= 0.6 is 0 Å². The van der Waals surface area contributed by atoms with Crippen molar-refractivity contribution in [3.63, 3.8) is 0 Å². The summed E-state index contributed by atoms with van der Waals surface area (Å²) in [5, 5.41) is 47.0. The number of nitrogens with one attached hydrogen (secondary N) is 2. The number of rotatable bonds is 1. The van der Waals surface area contributed by atoms with Crippen molar-refractivity contribution in [2.45, 2.75) is 61.9 Å². The number of benzene rings is 2. The maximum atomic E-state index is 14.1. The van der Waals surface area contributed by atoms with Gasteiger partial charge in [0.25, 0.3) is 0 Å². The van der Waals surface area contributed by atoms with Crippen molar-refractivity contribution in [2.75, 3.05) is 0 Å². The smallest absolute Gasteiger partial charge is 0.176 e. The van der Waals surface area contributed by atoms with Gasteiger partial charge in [-0.2, -0.15) is 0 Å². The minimum Gasteiger partial charge on any atom is -0.380 e. The lowest BCUT2D eigenvalue weighted by molar-refractivity contribution is -0.182. The molecule has 8 nitrogen and oxygen atoms in total. The molecule has 2 aliphatic carbocycles. The van der Waals surface area contributed by atoms with E-state index in [1.807, 2.05) is 0 Å². The number of aromatic nitrogens is 2. The maximum absolute atomic E-state index is 14.1. The third kappa shape index (κ3) is 2.47. The van der Waals surface area contributed by atoms with E-state index in [9.17, 15) is 30.0 Å². The van der Waals surface area contributed by atoms with E-state index in [-0.39, 0.29) is 11.4 Å². The third-order valence-corrected chi connectivity index (χ3v) is 8.84. The Labute approximate surface area is 206 Å². The maximum Gasteiger partial charge on any atom is 0.176 e. The molecule has 6 rings (SSSR count). The third-order valence-electron chi connectivity index (χ3n) is 8.84. The SMILES string of the molecule is CC1(O)C(=O)C(C2C(=O)C(C)(O)C(C)(O)c3[nH]c4ccccc4c32)c2c([nH]c3ccccc23)C1(C)O. The summed E-state index contributed by atoms with van der Waals surface area (Å²) in [5.41, 5.74) is -5.87. The molecule has 6 N–H and O–H groups in total. The van der Waals surface area contributed by atoms with Gasteiger partial charge in [-0.05, 0) is 51.0 Å². The molecule has 2 aliphatic rings. The van der Waals surface area contributed by atoms with Crippen LogP contribution in [0.2, 0.25) is 0 Å². The monoisotopic (exact) mass is 488 g/mol. The Bertz CT molecular complexity index is 1480. The molecule has 0 amide bonds. The van der Waals surface area contributed by atoms with Crippen LogP contribution in [-0.2, 0) is 20.8 Å². The number of hydrogen-bond acceptors (Lipinski definition) is 6. The molecule has 2 heterocycles. The molecule has 0 radical (unpaired) electrons. The summed E-state index contributed by atoms with van der Waals surface area (Å²) in [6, 6.07) is 14.4. The van der Waals surface area contributed by atoms with Crippen LogP contribution in [0.1, 0.15) is 62.0 Å². The molecule has 186 valence electrons. The zero-order chi connectivity index (χ0) is 26.0. The predicted octanol–water partition coefficient (Wildman–Crippen LogP) is 2.60. The highest BCUT2D eigenvalue weighted by molar-refractivity contribution is 6.10. The first-order valence-corrected chi connectivity index (χ1v) is 11.9. The molecular weight excluding hydrogens is 460 g/mol. The fourth-order valence-corrected chi connectivity index (χ4v) is 6.21. The lowest BCUT2D eigenvalue weighted by atomic mass is 9.57. The molecule has 0 saturated carbocycles. The first kappa shape index (κ1) is 23.1. The molecule has 0 spiro atoms. The van der Waals surface area contributed by atoms with Gasteiger partial charge in [0.1, 0.15) is 11.2 Å². The fraction of sp³-hybridized carbons (Fsp3) is 0.357. The van der Waals surface area contributed by atoms with Gasteiger partial charge in [-0.25, -0.2) is 0 Å². The Morgan fingerprint density at radius 1 is 0.583 bits per heavy atom. The zero-order valence-electron chi connectivity index (χ0n) is 20.4. The van der Waals surface area contributed by atoms with Crippen molar-refractivity contribution in [3.05, 3.63) is 71.0 Å². The molecule has 0 aliphatic heterocycles. The van der Waals surface area contributed by atoms with E-state index in [0.29, 0.717) is 32.9 Å². The number of fused-ring (bicyclic) bond motifs is 6. The first-order valence-electron chi connectivity index (χ1n) is 11.9. The van der Waals surface area contributed by atoms with Gasteiger partial charge in [0, 0.05) is 21.8 Å². The summed E-state index contributed by atoms with van der Waals surface area (Å²) < 4.78 is 0. The van der Waals surface area contributed by atoms with E-state index in [0.717, 1.165) is 0 Å². The van der Waals surface area contributed by atoms with E-state index in [4.69, 9.17) is 0 Å². The number of aromatic amines is 2. The Morgan fingerprint density at radius 3 is 1.28 bits per heavy atom. The predicted molar refractivity (Wildman–Crippen MR) is 132 cm³/mol. The number of carbonyl (C=O) groups excluding carboxylic acids is 2. The van der Waals surface area contributed by atoms with Gasteiger partial charge in [0.05, 0.1) is 23.2 Å². The topological polar surface area (TPSA) is 147 Å². The summed E-state index contributed by atoms with van der Waals surface area (Å²) in [6.07, 6.45) is 0. The van der Waals surface area contributed by atoms with Crippen molar-refractivity contribution in [2.24, 2.45) is 0 Å². The zero-order valence-corrected chi connectivity index (χ0v) is 20.4. The minimum atomic E-state index is -2.25. The molecular formula is C28H28N2O6. The minimum absolute atomic E-state index is 0.240. The molecule has 6 unspecified atom stereocenters. The number of aliphatic hydroxyl groups is 4. The quantitative estimate of drug-likeness (QED) is 0.243. The number of H-pyrrole nitrogens is 2. The van der Waals surface area contributed by atoms with Gasteiger partial charge in [0.15, 0.2) is 22.8 Å². The summed E-state index contributed by atoms with van der Waals surface area (Å²) in [5.74, 6) is -3.95. The summed E-state index contributed by atoms with van der Waals surface area (Å²) in [7, 11) is 0. The van der Waals surface area contributed by atoms with E-state index in [1.54, 1.807) is 48.5 Å². The number of para-hydroxylation sites is 2. The number of ketones is 2. The molecule has 0 saturated heterocycles. The second-order valence-corrected chi connectivity index (χ2v) is 10.9. The van der Waals surface area contributed by atoms with E-state index in [1.165, 1.54) is 27.7 Å². The molecule has 4 aromatic rings. The lowest BCUT2D eigenvalue weighted by Gasteiger charge is -2.49. The van der Waals surface area contributed by atoms with E-state index in [2.05, 4.69) is 9.97 Å². The van der Waals surface area contributed by atoms with Crippen molar-refractivity contribution in [3.8, 4) is 0 Å². The number of Topliss-reactive ketones (excluding diaryl/α,β-unsaturated/α-hetero) is 2. The Balaban J connectivity index is 1.75. The summed E-state index contributed by atoms with van der Waals surface area (Å²) in [4.78, 5) is 34.6. The largest absolute Gasteiger partial charge is 0.380 e. The van der Waals surface area contributed by atoms with Crippen LogP contribution in [0.15, 0.2) is 48.5 Å². The van der Waals surface area contributed by atoms with Gasteiger partial charge in [0.2, 0.25) is 0 Å². The Morgan fingerprint density at radius 2 is 0.917 bits per heavy atom. The highest BCUT2D eigenvalue weighted by Gasteiger charge is 2.65. The molecule has 0 fully saturated rings. The van der Waals surface area contributed by atoms with Gasteiger partial charge in [-0.3, -0.25) is 9.59 Å². The van der Waals surface area contributed by atoms with Crippen molar-refractivity contribution >= 4 is 33.4 Å². The molecule has 8 heteroatoms. The Hall–Kier alpha value is -3.30. The standard InChI is InChI=1S/C28H28N2O6/c1-25(33)21-17(13-9-5-7-11-15(13)29-21)19(23(31)27(25,3)35)20-18-14-10-6-8-12-16(14)30-22(18)26(2,34)28(4,36)24(20)32/h5-12,19-20,29-30,33-36H,1-4H3. The fourth-order valence-electron chi connectivity index (χ4n) is 6.21. The highest BCUT2D eigenvalue weighted by atomic mass is 16.4. The summed E-state index contributed by atoms with van der Waals surface area (Å²) in [6.45, 7) is 5.23. The normalized spacial score (nSPS) is 36.3. The van der Waals surface area contributed by atoms with Crippen LogP contribution in [0, 0.1) is 0 Å². The average molecular weight is 489 g/mol. The number of hydrogen-bond donors (Lipinski definition) is 6. The van der Waals surface area contributed by atoms with Crippen LogP contribution in [-0.4, -0.2) is 53.2 Å². The number of carbonyl (C=O) groups is 2. The van der Waals surface area contributed by atoms with Crippen molar-refractivity contribution in [1.82, 2.24) is 9.97 Å². The molecule has 36 heavy (non-hydrogen) atoms. The summed E-state index contributed by atoms with van der Waals surface area (Å²) >= 11 is 0. The van der Waals surface area contributed by atoms with E-state index >= 15 is 0 Å². The van der Waals surface area contributed by atoms with Gasteiger partial charge >= 0.3 is 0 Å². The van der Waals surface area contributed by atoms with Crippen LogP contribution < -0.4 is 0 Å². The average Bonchev–Trinajstić information content (AvgIpc) is 3.40.